The molecule has 108 valence electrons. The molecule has 1 aliphatic rings. The van der Waals surface area contributed by atoms with Gasteiger partial charge in [0.05, 0.1) is 13.7 Å². The van der Waals surface area contributed by atoms with Crippen molar-refractivity contribution < 1.29 is 23.8 Å². The number of nitrogens with zero attached hydrogens (tertiary/aromatic N) is 1. The highest BCUT2D eigenvalue weighted by Gasteiger charge is 2.31. The summed E-state index contributed by atoms with van der Waals surface area (Å²) in [5.74, 6) is -0.746. The summed E-state index contributed by atoms with van der Waals surface area (Å²) in [6.07, 6.45) is 0.776. The average molecular weight is 287 g/mol. The van der Waals surface area contributed by atoms with Gasteiger partial charge in [-0.15, -0.1) is 0 Å². The summed E-state index contributed by atoms with van der Waals surface area (Å²) in [5, 5.41) is 9.04. The summed E-state index contributed by atoms with van der Waals surface area (Å²) >= 11 is 0. The van der Waals surface area contributed by atoms with E-state index in [1.165, 1.54) is 6.08 Å². The summed E-state index contributed by atoms with van der Waals surface area (Å²) in [4.78, 5) is 23.1. The molecule has 0 aliphatic carbocycles. The molecule has 0 unspecified atom stereocenters. The van der Waals surface area contributed by atoms with Crippen molar-refractivity contribution in [2.45, 2.75) is 12.5 Å². The SMILES string of the molecule is COc1ccc(/C=C(/C#N)C(=O)O[C@@H]2CCOC2=O)cc1. The molecule has 1 fully saturated rings. The van der Waals surface area contributed by atoms with Gasteiger partial charge >= 0.3 is 11.9 Å². The number of benzene rings is 1. The van der Waals surface area contributed by atoms with Gasteiger partial charge in [0.25, 0.3) is 0 Å². The molecule has 0 radical (unpaired) electrons. The molecule has 0 aromatic heterocycles. The molecule has 1 heterocycles. The van der Waals surface area contributed by atoms with Crippen LogP contribution in [0.15, 0.2) is 29.8 Å². The van der Waals surface area contributed by atoms with Crippen molar-refractivity contribution in [3.63, 3.8) is 0 Å². The Labute approximate surface area is 121 Å². The molecule has 6 nitrogen and oxygen atoms in total. The predicted octanol–water partition coefficient (Wildman–Crippen LogP) is 1.46. The van der Waals surface area contributed by atoms with Crippen LogP contribution in [-0.4, -0.2) is 31.8 Å². The van der Waals surface area contributed by atoms with Crippen LogP contribution in [-0.2, 0) is 19.1 Å². The minimum Gasteiger partial charge on any atom is -0.497 e. The second-order valence-electron chi connectivity index (χ2n) is 4.29. The van der Waals surface area contributed by atoms with Gasteiger partial charge in [-0.3, -0.25) is 0 Å². The van der Waals surface area contributed by atoms with Crippen LogP contribution in [0, 0.1) is 11.3 Å². The standard InChI is InChI=1S/C15H13NO5/c1-19-12-4-2-10(3-5-12)8-11(9-16)14(17)21-13-6-7-20-15(13)18/h2-5,8,13H,6-7H2,1H3/b11-8-/t13-/m1/s1. The van der Waals surface area contributed by atoms with Crippen molar-refractivity contribution in [2.75, 3.05) is 13.7 Å². The summed E-state index contributed by atoms with van der Waals surface area (Å²) in [6.45, 7) is 0.223. The highest BCUT2D eigenvalue weighted by molar-refractivity contribution is 5.99. The molecular weight excluding hydrogens is 274 g/mol. The predicted molar refractivity (Wildman–Crippen MR) is 72.0 cm³/mol. The minimum atomic E-state index is -0.926. The Morgan fingerprint density at radius 1 is 1.43 bits per heavy atom. The Morgan fingerprint density at radius 2 is 2.14 bits per heavy atom. The maximum atomic E-state index is 11.9. The molecule has 1 aliphatic heterocycles. The third kappa shape index (κ3) is 3.60. The maximum absolute atomic E-state index is 11.9. The fourth-order valence-corrected chi connectivity index (χ4v) is 1.78. The largest absolute Gasteiger partial charge is 0.497 e. The van der Waals surface area contributed by atoms with E-state index in [1.54, 1.807) is 37.4 Å². The summed E-state index contributed by atoms with van der Waals surface area (Å²) in [6, 6.07) is 8.59. The Hall–Kier alpha value is -2.81. The van der Waals surface area contributed by atoms with Crippen molar-refractivity contribution in [1.29, 1.82) is 5.26 Å². The van der Waals surface area contributed by atoms with Gasteiger partial charge in [0.2, 0.25) is 6.10 Å². The Bertz CT molecular complexity index is 612. The van der Waals surface area contributed by atoms with Crippen LogP contribution < -0.4 is 4.74 Å². The van der Waals surface area contributed by atoms with Gasteiger partial charge < -0.3 is 14.2 Å². The summed E-state index contributed by atoms with van der Waals surface area (Å²) in [7, 11) is 1.55. The Balaban J connectivity index is 2.10. The highest BCUT2D eigenvalue weighted by Crippen LogP contribution is 2.16. The first-order chi connectivity index (χ1) is 10.1. The summed E-state index contributed by atoms with van der Waals surface area (Å²) < 4.78 is 14.7. The van der Waals surface area contributed by atoms with Gasteiger partial charge in [0.15, 0.2) is 0 Å². The lowest BCUT2D eigenvalue weighted by molar-refractivity contribution is -0.157. The third-order valence-corrected chi connectivity index (χ3v) is 2.90. The number of methoxy groups -OCH3 is 1. The Kier molecular flexibility index (Phi) is 4.57. The normalized spacial score (nSPS) is 17.8. The van der Waals surface area contributed by atoms with Crippen LogP contribution in [0.25, 0.3) is 6.08 Å². The van der Waals surface area contributed by atoms with Crippen LogP contribution in [0.2, 0.25) is 0 Å². The molecule has 0 bridgehead atoms. The molecule has 0 spiro atoms. The molecule has 0 saturated carbocycles. The van der Waals surface area contributed by atoms with Gasteiger partial charge in [-0.1, -0.05) is 12.1 Å². The smallest absolute Gasteiger partial charge is 0.349 e. The van der Waals surface area contributed by atoms with Gasteiger partial charge in [0.1, 0.15) is 17.4 Å². The monoisotopic (exact) mass is 287 g/mol. The highest BCUT2D eigenvalue weighted by atomic mass is 16.6. The van der Waals surface area contributed by atoms with Crippen molar-refractivity contribution in [3.05, 3.63) is 35.4 Å². The van der Waals surface area contributed by atoms with E-state index >= 15 is 0 Å². The first kappa shape index (κ1) is 14.6. The number of carbonyl (C=O) groups is 2. The fourth-order valence-electron chi connectivity index (χ4n) is 1.78. The lowest BCUT2D eigenvalue weighted by atomic mass is 10.1. The lowest BCUT2D eigenvalue weighted by Gasteiger charge is -2.07. The second kappa shape index (κ2) is 6.57. The van der Waals surface area contributed by atoms with Gasteiger partial charge in [-0.05, 0) is 23.8 Å². The number of hydrogen-bond donors (Lipinski definition) is 0. The molecule has 1 aromatic carbocycles. The quantitative estimate of drug-likeness (QED) is 0.473. The zero-order valence-electron chi connectivity index (χ0n) is 11.4. The van der Waals surface area contributed by atoms with Crippen LogP contribution in [0.1, 0.15) is 12.0 Å². The molecule has 6 heteroatoms. The number of rotatable bonds is 4. The lowest BCUT2D eigenvalue weighted by Crippen LogP contribution is -2.23. The zero-order chi connectivity index (χ0) is 15.2. The van der Waals surface area contributed by atoms with E-state index < -0.39 is 18.0 Å². The molecule has 1 saturated heterocycles. The van der Waals surface area contributed by atoms with E-state index in [1.807, 2.05) is 0 Å². The van der Waals surface area contributed by atoms with Crippen molar-refractivity contribution in [1.82, 2.24) is 0 Å². The average Bonchev–Trinajstić information content (AvgIpc) is 2.90. The molecular formula is C15H13NO5. The molecule has 0 N–H and O–H groups in total. The topological polar surface area (TPSA) is 85.6 Å². The third-order valence-electron chi connectivity index (χ3n) is 2.90. The number of ether oxygens (including phenoxy) is 3. The van der Waals surface area contributed by atoms with Gasteiger partial charge in [0, 0.05) is 6.42 Å². The van der Waals surface area contributed by atoms with Gasteiger partial charge in [-0.2, -0.15) is 5.26 Å². The molecule has 2 rings (SSSR count). The van der Waals surface area contributed by atoms with E-state index in [2.05, 4.69) is 0 Å². The first-order valence-electron chi connectivity index (χ1n) is 6.27. The van der Waals surface area contributed by atoms with E-state index in [0.29, 0.717) is 17.7 Å². The van der Waals surface area contributed by atoms with Crippen molar-refractivity contribution >= 4 is 18.0 Å². The fraction of sp³-hybridized carbons (Fsp3) is 0.267. The van der Waals surface area contributed by atoms with Crippen LogP contribution in [0.5, 0.6) is 5.75 Å². The molecule has 0 amide bonds. The van der Waals surface area contributed by atoms with Crippen LogP contribution in [0.4, 0.5) is 0 Å². The number of nitriles is 1. The van der Waals surface area contributed by atoms with Crippen molar-refractivity contribution in [2.24, 2.45) is 0 Å². The minimum absolute atomic E-state index is 0.181. The van der Waals surface area contributed by atoms with Crippen LogP contribution in [0.3, 0.4) is 0 Å². The maximum Gasteiger partial charge on any atom is 0.349 e. The molecule has 1 aromatic rings. The number of hydrogen-bond acceptors (Lipinski definition) is 6. The molecule has 21 heavy (non-hydrogen) atoms. The zero-order valence-corrected chi connectivity index (χ0v) is 11.4. The first-order valence-corrected chi connectivity index (χ1v) is 6.27. The van der Waals surface area contributed by atoms with Crippen molar-refractivity contribution in [3.8, 4) is 11.8 Å². The van der Waals surface area contributed by atoms with E-state index in [-0.39, 0.29) is 12.2 Å². The number of cyclic esters (lactones) is 1. The number of carbonyl (C=O) groups excluding carboxylic acids is 2. The summed E-state index contributed by atoms with van der Waals surface area (Å²) in [5.41, 5.74) is 0.471. The van der Waals surface area contributed by atoms with E-state index in [4.69, 9.17) is 19.5 Å². The van der Waals surface area contributed by atoms with E-state index in [0.717, 1.165) is 0 Å². The van der Waals surface area contributed by atoms with Gasteiger partial charge in [-0.25, -0.2) is 9.59 Å². The van der Waals surface area contributed by atoms with E-state index in [9.17, 15) is 9.59 Å². The van der Waals surface area contributed by atoms with Crippen LogP contribution >= 0.6 is 0 Å². The second-order valence-corrected chi connectivity index (χ2v) is 4.29. The Morgan fingerprint density at radius 3 is 2.67 bits per heavy atom. The molecule has 1 atom stereocenters. The number of esters is 2.